The van der Waals surface area contributed by atoms with Gasteiger partial charge in [-0.3, -0.25) is 9.59 Å². The van der Waals surface area contributed by atoms with Gasteiger partial charge in [-0.2, -0.15) is 0 Å². The third kappa shape index (κ3) is 5.90. The number of rotatable bonds is 8. The molecule has 0 radical (unpaired) electrons. The van der Waals surface area contributed by atoms with Crippen LogP contribution in [0.3, 0.4) is 0 Å². The number of benzene rings is 1. The first-order valence-electron chi connectivity index (χ1n) is 7.00. The summed E-state index contributed by atoms with van der Waals surface area (Å²) in [4.78, 5) is 34.4. The van der Waals surface area contributed by atoms with Crippen LogP contribution < -0.4 is 10.6 Å². The number of hydrogen-bond donors (Lipinski definition) is 3. The lowest BCUT2D eigenvalue weighted by Crippen LogP contribution is -2.45. The maximum atomic E-state index is 13.0. The Bertz CT molecular complexity index is 548. The van der Waals surface area contributed by atoms with Crippen molar-refractivity contribution in [2.24, 2.45) is 0 Å². The van der Waals surface area contributed by atoms with Crippen LogP contribution in [0, 0.1) is 5.82 Å². The molecule has 0 aliphatic rings. The molecule has 1 aromatic rings. The third-order valence-corrected chi connectivity index (χ3v) is 2.98. The van der Waals surface area contributed by atoms with Gasteiger partial charge < -0.3 is 15.7 Å². The Kier molecular flexibility index (Phi) is 7.01. The van der Waals surface area contributed by atoms with Crippen LogP contribution in [0.25, 0.3) is 0 Å². The number of nitrogens with one attached hydrogen (secondary N) is 2. The normalized spacial score (nSPS) is 11.5. The molecule has 2 amide bonds. The van der Waals surface area contributed by atoms with Crippen LogP contribution in [0.15, 0.2) is 24.3 Å². The van der Waals surface area contributed by atoms with Crippen molar-refractivity contribution in [1.82, 2.24) is 10.6 Å². The van der Waals surface area contributed by atoms with E-state index in [1.807, 2.05) is 6.92 Å². The second kappa shape index (κ2) is 8.76. The Hall–Kier alpha value is -2.44. The zero-order valence-electron chi connectivity index (χ0n) is 12.3. The molecule has 6 nitrogen and oxygen atoms in total. The third-order valence-electron chi connectivity index (χ3n) is 2.98. The van der Waals surface area contributed by atoms with Gasteiger partial charge in [0, 0.05) is 5.56 Å². The molecule has 0 saturated heterocycles. The SMILES string of the molecule is CCCC[C@H](NC(=O)CNC(=O)c1cccc(F)c1)C(=O)O. The summed E-state index contributed by atoms with van der Waals surface area (Å²) in [5.41, 5.74) is 0.0913. The van der Waals surface area contributed by atoms with Crippen LogP contribution in [0.4, 0.5) is 4.39 Å². The molecule has 1 rings (SSSR count). The molecule has 0 unspecified atom stereocenters. The van der Waals surface area contributed by atoms with Gasteiger partial charge in [-0.15, -0.1) is 0 Å². The van der Waals surface area contributed by atoms with E-state index < -0.39 is 29.6 Å². The van der Waals surface area contributed by atoms with E-state index >= 15 is 0 Å². The predicted molar refractivity (Wildman–Crippen MR) is 77.8 cm³/mol. The van der Waals surface area contributed by atoms with E-state index in [1.54, 1.807) is 0 Å². The fraction of sp³-hybridized carbons (Fsp3) is 0.400. The summed E-state index contributed by atoms with van der Waals surface area (Å²) >= 11 is 0. The van der Waals surface area contributed by atoms with Crippen molar-refractivity contribution in [2.45, 2.75) is 32.2 Å². The number of amides is 2. The van der Waals surface area contributed by atoms with Crippen molar-refractivity contribution in [3.8, 4) is 0 Å². The standard InChI is InChI=1S/C15H19FN2O4/c1-2-3-7-12(15(21)22)18-13(19)9-17-14(20)10-5-4-6-11(16)8-10/h4-6,8,12H,2-3,7,9H2,1H3,(H,17,20)(H,18,19)(H,21,22)/t12-/m0/s1. The summed E-state index contributed by atoms with van der Waals surface area (Å²) in [6.07, 6.45) is 1.82. The highest BCUT2D eigenvalue weighted by molar-refractivity contribution is 5.96. The molecule has 0 aliphatic carbocycles. The van der Waals surface area contributed by atoms with Crippen LogP contribution in [0.1, 0.15) is 36.5 Å². The predicted octanol–water partition coefficient (Wildman–Crippen LogP) is 1.32. The van der Waals surface area contributed by atoms with E-state index in [0.717, 1.165) is 12.5 Å². The molecular formula is C15H19FN2O4. The monoisotopic (exact) mass is 310 g/mol. The molecule has 7 heteroatoms. The van der Waals surface area contributed by atoms with E-state index in [-0.39, 0.29) is 12.1 Å². The summed E-state index contributed by atoms with van der Waals surface area (Å²) in [6.45, 7) is 1.55. The summed E-state index contributed by atoms with van der Waals surface area (Å²) in [6, 6.07) is 4.08. The van der Waals surface area contributed by atoms with E-state index in [0.29, 0.717) is 12.8 Å². The van der Waals surface area contributed by atoms with Gasteiger partial charge in [-0.25, -0.2) is 9.18 Å². The molecule has 1 aromatic carbocycles. The smallest absolute Gasteiger partial charge is 0.326 e. The topological polar surface area (TPSA) is 95.5 Å². The second-order valence-corrected chi connectivity index (χ2v) is 4.79. The fourth-order valence-electron chi connectivity index (χ4n) is 1.80. The van der Waals surface area contributed by atoms with Crippen molar-refractivity contribution < 1.29 is 23.9 Å². The quantitative estimate of drug-likeness (QED) is 0.674. The molecule has 0 fully saturated rings. The molecule has 1 atom stereocenters. The number of aliphatic carboxylic acids is 1. The molecule has 3 N–H and O–H groups in total. The zero-order chi connectivity index (χ0) is 16.5. The molecular weight excluding hydrogens is 291 g/mol. The van der Waals surface area contributed by atoms with Crippen molar-refractivity contribution in [3.05, 3.63) is 35.6 Å². The molecule has 0 aliphatic heterocycles. The molecule has 0 saturated carbocycles. The van der Waals surface area contributed by atoms with Crippen molar-refractivity contribution in [1.29, 1.82) is 0 Å². The lowest BCUT2D eigenvalue weighted by molar-refractivity contribution is -0.141. The zero-order valence-corrected chi connectivity index (χ0v) is 12.3. The minimum Gasteiger partial charge on any atom is -0.480 e. The Balaban J connectivity index is 2.47. The van der Waals surface area contributed by atoms with Gasteiger partial charge in [-0.05, 0) is 24.6 Å². The van der Waals surface area contributed by atoms with E-state index in [4.69, 9.17) is 5.11 Å². The Morgan fingerprint density at radius 2 is 2.05 bits per heavy atom. The van der Waals surface area contributed by atoms with Crippen LogP contribution in [-0.4, -0.2) is 35.5 Å². The number of hydrogen-bond acceptors (Lipinski definition) is 3. The first kappa shape index (κ1) is 17.6. The maximum Gasteiger partial charge on any atom is 0.326 e. The Labute approximate surface area is 127 Å². The Morgan fingerprint density at radius 3 is 2.64 bits per heavy atom. The molecule has 0 heterocycles. The average molecular weight is 310 g/mol. The molecule has 0 spiro atoms. The molecule has 0 bridgehead atoms. The maximum absolute atomic E-state index is 13.0. The lowest BCUT2D eigenvalue weighted by Gasteiger charge is -2.14. The molecule has 0 aromatic heterocycles. The summed E-state index contributed by atoms with van der Waals surface area (Å²) in [5.74, 6) is -2.87. The van der Waals surface area contributed by atoms with E-state index in [2.05, 4.69) is 10.6 Å². The van der Waals surface area contributed by atoms with Crippen LogP contribution in [0.2, 0.25) is 0 Å². The van der Waals surface area contributed by atoms with Crippen molar-refractivity contribution in [3.63, 3.8) is 0 Å². The van der Waals surface area contributed by atoms with Gasteiger partial charge in [-0.1, -0.05) is 25.8 Å². The second-order valence-electron chi connectivity index (χ2n) is 4.79. The first-order valence-corrected chi connectivity index (χ1v) is 7.00. The number of carbonyl (C=O) groups excluding carboxylic acids is 2. The van der Waals surface area contributed by atoms with E-state index in [1.165, 1.54) is 18.2 Å². The van der Waals surface area contributed by atoms with Gasteiger partial charge in [0.15, 0.2) is 0 Å². The van der Waals surface area contributed by atoms with Gasteiger partial charge in [0.2, 0.25) is 5.91 Å². The van der Waals surface area contributed by atoms with Crippen LogP contribution >= 0.6 is 0 Å². The van der Waals surface area contributed by atoms with Crippen molar-refractivity contribution in [2.75, 3.05) is 6.54 Å². The van der Waals surface area contributed by atoms with Crippen LogP contribution in [-0.2, 0) is 9.59 Å². The van der Waals surface area contributed by atoms with Gasteiger partial charge in [0.25, 0.3) is 5.91 Å². The van der Waals surface area contributed by atoms with Gasteiger partial charge in [0.05, 0.1) is 6.54 Å². The summed E-state index contributed by atoms with van der Waals surface area (Å²) in [5, 5.41) is 13.6. The summed E-state index contributed by atoms with van der Waals surface area (Å²) in [7, 11) is 0. The highest BCUT2D eigenvalue weighted by atomic mass is 19.1. The largest absolute Gasteiger partial charge is 0.480 e. The number of halogens is 1. The molecule has 120 valence electrons. The Morgan fingerprint density at radius 1 is 1.32 bits per heavy atom. The highest BCUT2D eigenvalue weighted by Crippen LogP contribution is 2.03. The number of carboxylic acids is 1. The molecule has 22 heavy (non-hydrogen) atoms. The van der Waals surface area contributed by atoms with Gasteiger partial charge >= 0.3 is 5.97 Å². The van der Waals surface area contributed by atoms with Crippen molar-refractivity contribution >= 4 is 17.8 Å². The fourth-order valence-corrected chi connectivity index (χ4v) is 1.80. The average Bonchev–Trinajstić information content (AvgIpc) is 2.48. The van der Waals surface area contributed by atoms with Crippen LogP contribution in [0.5, 0.6) is 0 Å². The summed E-state index contributed by atoms with van der Waals surface area (Å²) < 4.78 is 13.0. The highest BCUT2D eigenvalue weighted by Gasteiger charge is 2.19. The number of unbranched alkanes of at least 4 members (excludes halogenated alkanes) is 1. The van der Waals surface area contributed by atoms with Gasteiger partial charge in [0.1, 0.15) is 11.9 Å². The first-order chi connectivity index (χ1) is 10.4. The van der Waals surface area contributed by atoms with E-state index in [9.17, 15) is 18.8 Å². The lowest BCUT2D eigenvalue weighted by atomic mass is 10.1. The number of carboxylic acid groups (broad SMARTS) is 1. The minimum absolute atomic E-state index is 0.0913. The minimum atomic E-state index is -1.11. The number of carbonyl (C=O) groups is 3.